The summed E-state index contributed by atoms with van der Waals surface area (Å²) in [5, 5.41) is 2.45. The fourth-order valence-electron chi connectivity index (χ4n) is 1.11. The molecule has 86 valence electrons. The summed E-state index contributed by atoms with van der Waals surface area (Å²) >= 11 is 0. The molecular formula is C10H7FN4O2. The summed E-state index contributed by atoms with van der Waals surface area (Å²) in [6, 6.07) is 2.49. The molecule has 0 aromatic carbocycles. The normalized spacial score (nSPS) is 9.94. The predicted octanol–water partition coefficient (Wildman–Crippen LogP) is 0.556. The van der Waals surface area contributed by atoms with Gasteiger partial charge in [0.25, 0.3) is 11.5 Å². The second kappa shape index (κ2) is 4.52. The molecule has 0 aliphatic heterocycles. The number of halogens is 1. The second-order valence-electron chi connectivity index (χ2n) is 3.12. The third kappa shape index (κ3) is 2.71. The number of carbonyl (C=O) groups is 1. The predicted molar refractivity (Wildman–Crippen MR) is 57.0 cm³/mol. The van der Waals surface area contributed by atoms with Crippen molar-refractivity contribution >= 4 is 11.6 Å². The zero-order valence-electron chi connectivity index (χ0n) is 8.48. The summed E-state index contributed by atoms with van der Waals surface area (Å²) in [5.41, 5.74) is -0.0108. The van der Waals surface area contributed by atoms with Crippen LogP contribution < -0.4 is 10.9 Å². The molecule has 0 aliphatic carbocycles. The van der Waals surface area contributed by atoms with Crippen LogP contribution >= 0.6 is 0 Å². The molecule has 1 amide bonds. The molecule has 0 atom stereocenters. The van der Waals surface area contributed by atoms with Gasteiger partial charge in [0.15, 0.2) is 0 Å². The lowest BCUT2D eigenvalue weighted by atomic mass is 10.3. The first kappa shape index (κ1) is 10.9. The quantitative estimate of drug-likeness (QED) is 0.743. The summed E-state index contributed by atoms with van der Waals surface area (Å²) in [7, 11) is 0. The van der Waals surface area contributed by atoms with Crippen LogP contribution in [0.2, 0.25) is 0 Å². The number of hydrogen-bond acceptors (Lipinski definition) is 4. The van der Waals surface area contributed by atoms with Crippen LogP contribution in [0.15, 0.2) is 35.5 Å². The van der Waals surface area contributed by atoms with Gasteiger partial charge in [0.2, 0.25) is 5.95 Å². The molecule has 0 saturated heterocycles. The number of rotatable bonds is 2. The minimum Gasteiger partial charge on any atom is -0.325 e. The topological polar surface area (TPSA) is 87.7 Å². The van der Waals surface area contributed by atoms with Crippen LogP contribution in [0.1, 0.15) is 10.5 Å². The van der Waals surface area contributed by atoms with Crippen molar-refractivity contribution in [2.75, 3.05) is 5.32 Å². The van der Waals surface area contributed by atoms with Gasteiger partial charge in [-0.15, -0.1) is 0 Å². The number of nitrogens with zero attached hydrogens (tertiary/aromatic N) is 2. The van der Waals surface area contributed by atoms with Crippen molar-refractivity contribution in [2.24, 2.45) is 0 Å². The molecule has 17 heavy (non-hydrogen) atoms. The van der Waals surface area contributed by atoms with E-state index in [2.05, 4.69) is 20.3 Å². The Bertz CT molecular complexity index is 574. The smallest absolute Gasteiger partial charge is 0.275 e. The molecule has 2 aromatic rings. The molecular weight excluding hydrogens is 227 g/mol. The van der Waals surface area contributed by atoms with Gasteiger partial charge >= 0.3 is 0 Å². The fourth-order valence-corrected chi connectivity index (χ4v) is 1.11. The average molecular weight is 234 g/mol. The molecule has 0 spiro atoms. The van der Waals surface area contributed by atoms with Crippen molar-refractivity contribution in [3.8, 4) is 0 Å². The Balaban J connectivity index is 2.14. The molecule has 0 radical (unpaired) electrons. The van der Waals surface area contributed by atoms with Gasteiger partial charge in [-0.1, -0.05) is 0 Å². The summed E-state index contributed by atoms with van der Waals surface area (Å²) < 4.78 is 12.5. The summed E-state index contributed by atoms with van der Waals surface area (Å²) in [6.07, 6.45) is 3.37. The highest BCUT2D eigenvalue weighted by molar-refractivity contribution is 6.02. The molecule has 0 bridgehead atoms. The van der Waals surface area contributed by atoms with E-state index in [1.54, 1.807) is 0 Å². The van der Waals surface area contributed by atoms with E-state index in [0.717, 1.165) is 12.3 Å². The van der Waals surface area contributed by atoms with Crippen LogP contribution in [0.25, 0.3) is 0 Å². The molecule has 0 aliphatic rings. The van der Waals surface area contributed by atoms with Crippen LogP contribution in [-0.2, 0) is 0 Å². The first-order valence-electron chi connectivity index (χ1n) is 4.63. The number of aromatic amines is 1. The van der Waals surface area contributed by atoms with E-state index < -0.39 is 17.4 Å². The Morgan fingerprint density at radius 1 is 1.29 bits per heavy atom. The zero-order chi connectivity index (χ0) is 12.3. The lowest BCUT2D eigenvalue weighted by molar-refractivity contribution is 0.102. The SMILES string of the molecule is O=C(Nc1ccc(F)nc1)c1c[nH]c(=O)cn1. The molecule has 2 aromatic heterocycles. The van der Waals surface area contributed by atoms with E-state index in [9.17, 15) is 14.0 Å². The maximum absolute atomic E-state index is 12.5. The monoisotopic (exact) mass is 234 g/mol. The van der Waals surface area contributed by atoms with E-state index in [4.69, 9.17) is 0 Å². The van der Waals surface area contributed by atoms with Crippen molar-refractivity contribution in [2.45, 2.75) is 0 Å². The van der Waals surface area contributed by atoms with Crippen LogP contribution in [0, 0.1) is 5.95 Å². The Labute approximate surface area is 94.6 Å². The van der Waals surface area contributed by atoms with Crippen molar-refractivity contribution in [1.29, 1.82) is 0 Å². The van der Waals surface area contributed by atoms with E-state index in [1.165, 1.54) is 18.5 Å². The third-order valence-electron chi connectivity index (χ3n) is 1.89. The number of nitrogens with one attached hydrogen (secondary N) is 2. The van der Waals surface area contributed by atoms with Gasteiger partial charge < -0.3 is 10.3 Å². The number of anilines is 1. The van der Waals surface area contributed by atoms with Gasteiger partial charge in [-0.05, 0) is 12.1 Å². The number of amides is 1. The number of aromatic nitrogens is 3. The largest absolute Gasteiger partial charge is 0.325 e. The van der Waals surface area contributed by atoms with E-state index in [1.807, 2.05) is 0 Å². The second-order valence-corrected chi connectivity index (χ2v) is 3.12. The van der Waals surface area contributed by atoms with Gasteiger partial charge in [-0.25, -0.2) is 9.97 Å². The number of carbonyl (C=O) groups excluding carboxylic acids is 1. The number of pyridine rings is 1. The first-order chi connectivity index (χ1) is 8.15. The molecule has 0 fully saturated rings. The molecule has 2 heterocycles. The Hall–Kier alpha value is -2.57. The van der Waals surface area contributed by atoms with Crippen LogP contribution in [0.4, 0.5) is 10.1 Å². The summed E-state index contributed by atoms with van der Waals surface area (Å²) in [5.74, 6) is -1.15. The minimum atomic E-state index is -0.634. The summed E-state index contributed by atoms with van der Waals surface area (Å²) in [6.45, 7) is 0. The molecule has 2 N–H and O–H groups in total. The maximum Gasteiger partial charge on any atom is 0.275 e. The number of H-pyrrole nitrogens is 1. The minimum absolute atomic E-state index is 0.0499. The van der Waals surface area contributed by atoms with Crippen molar-refractivity contribution in [3.63, 3.8) is 0 Å². The molecule has 6 nitrogen and oxygen atoms in total. The molecule has 7 heteroatoms. The first-order valence-corrected chi connectivity index (χ1v) is 4.63. The number of hydrogen-bond donors (Lipinski definition) is 2. The molecule has 2 rings (SSSR count). The Morgan fingerprint density at radius 2 is 2.12 bits per heavy atom. The van der Waals surface area contributed by atoms with Gasteiger partial charge in [0.1, 0.15) is 5.69 Å². The van der Waals surface area contributed by atoms with Gasteiger partial charge in [0, 0.05) is 6.20 Å². The fraction of sp³-hybridized carbons (Fsp3) is 0. The van der Waals surface area contributed by atoms with Crippen molar-refractivity contribution in [3.05, 3.63) is 52.7 Å². The van der Waals surface area contributed by atoms with E-state index >= 15 is 0 Å². The standard InChI is InChI=1S/C10H7FN4O2/c11-8-2-1-6(3-13-8)15-10(17)7-4-14-9(16)5-12-7/h1-5H,(H,14,16)(H,15,17). The average Bonchev–Trinajstić information content (AvgIpc) is 2.33. The third-order valence-corrected chi connectivity index (χ3v) is 1.89. The highest BCUT2D eigenvalue weighted by Crippen LogP contribution is 2.06. The lowest BCUT2D eigenvalue weighted by Crippen LogP contribution is -2.17. The lowest BCUT2D eigenvalue weighted by Gasteiger charge is -2.02. The van der Waals surface area contributed by atoms with Gasteiger partial charge in [-0.3, -0.25) is 9.59 Å². The Morgan fingerprint density at radius 3 is 2.71 bits per heavy atom. The van der Waals surface area contributed by atoms with Crippen molar-refractivity contribution < 1.29 is 9.18 Å². The van der Waals surface area contributed by atoms with E-state index in [0.29, 0.717) is 5.69 Å². The highest BCUT2D eigenvalue weighted by atomic mass is 19.1. The van der Waals surface area contributed by atoms with Crippen LogP contribution in [-0.4, -0.2) is 20.9 Å². The van der Waals surface area contributed by atoms with Crippen molar-refractivity contribution in [1.82, 2.24) is 15.0 Å². The van der Waals surface area contributed by atoms with Crippen LogP contribution in [0.5, 0.6) is 0 Å². The Kier molecular flexibility index (Phi) is 2.91. The maximum atomic E-state index is 12.5. The van der Waals surface area contributed by atoms with E-state index in [-0.39, 0.29) is 5.69 Å². The van der Waals surface area contributed by atoms with Gasteiger partial charge in [-0.2, -0.15) is 4.39 Å². The van der Waals surface area contributed by atoms with Gasteiger partial charge in [0.05, 0.1) is 18.1 Å². The molecule has 0 unspecified atom stereocenters. The summed E-state index contributed by atoms with van der Waals surface area (Å²) in [4.78, 5) is 31.7. The van der Waals surface area contributed by atoms with Crippen LogP contribution in [0.3, 0.4) is 0 Å². The zero-order valence-corrected chi connectivity index (χ0v) is 8.48. The highest BCUT2D eigenvalue weighted by Gasteiger charge is 2.07. The molecule has 0 saturated carbocycles.